The number of carbonyl (C=O) groups is 1. The molecule has 27 heavy (non-hydrogen) atoms. The molecule has 0 unspecified atom stereocenters. The summed E-state index contributed by atoms with van der Waals surface area (Å²) < 4.78 is 1.12. The monoisotopic (exact) mass is 367 g/mol. The van der Waals surface area contributed by atoms with Crippen molar-refractivity contribution < 1.29 is 14.8 Å². The molecule has 0 aliphatic rings. The summed E-state index contributed by atoms with van der Waals surface area (Å²) in [5.41, 5.74) is 4.50. The summed E-state index contributed by atoms with van der Waals surface area (Å²) in [4.78, 5) is 42.4. The first-order valence-electron chi connectivity index (χ1n) is 7.67. The van der Waals surface area contributed by atoms with E-state index in [0.29, 0.717) is 11.3 Å². The fraction of sp³-hybridized carbons (Fsp3) is 0.0588. The highest BCUT2D eigenvalue weighted by Gasteiger charge is 2.21. The molecule has 0 aliphatic carbocycles. The second-order valence-electron chi connectivity index (χ2n) is 5.53. The summed E-state index contributed by atoms with van der Waals surface area (Å²) in [5, 5.41) is 20.8. The van der Waals surface area contributed by atoms with E-state index in [0.717, 1.165) is 4.57 Å². The van der Waals surface area contributed by atoms with E-state index >= 15 is 0 Å². The molecular formula is C17H13N5O5. The van der Waals surface area contributed by atoms with Crippen LogP contribution in [0.25, 0.3) is 11.5 Å². The molecular weight excluding hydrogens is 354 g/mol. The number of amides is 1. The molecule has 2 heterocycles. The number of aromatic hydroxyl groups is 1. The van der Waals surface area contributed by atoms with Gasteiger partial charge in [0.25, 0.3) is 17.2 Å². The van der Waals surface area contributed by atoms with Crippen LogP contribution in [-0.4, -0.2) is 30.5 Å². The number of nitrogens with zero attached hydrogens (tertiary/aromatic N) is 4. The van der Waals surface area contributed by atoms with Crippen LogP contribution in [0.3, 0.4) is 0 Å². The number of pyridine rings is 1. The number of nitro groups is 1. The van der Waals surface area contributed by atoms with Crippen molar-refractivity contribution in [2.45, 2.75) is 6.54 Å². The Bertz CT molecular complexity index is 1080. The van der Waals surface area contributed by atoms with Crippen LogP contribution in [0.15, 0.2) is 53.5 Å². The van der Waals surface area contributed by atoms with E-state index in [9.17, 15) is 24.8 Å². The van der Waals surface area contributed by atoms with Gasteiger partial charge in [-0.3, -0.25) is 29.3 Å². The number of benzene rings is 1. The smallest absolute Gasteiger partial charge is 0.297 e. The predicted octanol–water partition coefficient (Wildman–Crippen LogP) is 1.07. The molecule has 10 nitrogen and oxygen atoms in total. The maximum atomic E-state index is 12.6. The number of rotatable bonds is 5. The molecule has 0 atom stereocenters. The van der Waals surface area contributed by atoms with Gasteiger partial charge in [0.15, 0.2) is 11.5 Å². The van der Waals surface area contributed by atoms with E-state index < -0.39 is 27.8 Å². The lowest BCUT2D eigenvalue weighted by Gasteiger charge is -2.13. The third-order valence-electron chi connectivity index (χ3n) is 3.76. The Hall–Kier alpha value is -4.08. The first-order chi connectivity index (χ1) is 12.9. The fourth-order valence-corrected chi connectivity index (χ4v) is 2.46. The van der Waals surface area contributed by atoms with Gasteiger partial charge in [0, 0.05) is 18.3 Å². The lowest BCUT2D eigenvalue weighted by molar-refractivity contribution is -0.384. The molecule has 1 amide bonds. The highest BCUT2D eigenvalue weighted by atomic mass is 16.6. The van der Waals surface area contributed by atoms with Crippen molar-refractivity contribution in [1.29, 1.82) is 0 Å². The predicted molar refractivity (Wildman–Crippen MR) is 94.1 cm³/mol. The van der Waals surface area contributed by atoms with Gasteiger partial charge in [0.2, 0.25) is 5.75 Å². The first kappa shape index (κ1) is 17.7. The molecule has 0 aliphatic heterocycles. The van der Waals surface area contributed by atoms with E-state index in [1.165, 1.54) is 30.5 Å². The lowest BCUT2D eigenvalue weighted by Crippen LogP contribution is -2.28. The van der Waals surface area contributed by atoms with E-state index in [2.05, 4.69) is 9.97 Å². The topological polar surface area (TPSA) is 154 Å². The van der Waals surface area contributed by atoms with Gasteiger partial charge in [-0.2, -0.15) is 0 Å². The van der Waals surface area contributed by atoms with Crippen LogP contribution in [0.1, 0.15) is 16.1 Å². The Morgan fingerprint density at radius 3 is 2.48 bits per heavy atom. The molecule has 0 saturated heterocycles. The van der Waals surface area contributed by atoms with Crippen LogP contribution in [0, 0.1) is 10.1 Å². The van der Waals surface area contributed by atoms with Crippen LogP contribution < -0.4 is 11.3 Å². The Kier molecular flexibility index (Phi) is 4.62. The van der Waals surface area contributed by atoms with Crippen molar-refractivity contribution in [2.24, 2.45) is 5.73 Å². The molecule has 3 N–H and O–H groups in total. The SMILES string of the molecule is NC(=O)c1nc(-c2ccccn2)n(Cc2ccc([N+](=O)[O-])cc2)c(=O)c1O. The standard InChI is InChI=1S/C17H13N5O5/c18-15(24)13-14(23)17(25)21(16(20-13)12-3-1-2-8-19-12)9-10-4-6-11(7-5-10)22(26)27/h1-8,23H,9H2,(H2,18,24). The zero-order valence-corrected chi connectivity index (χ0v) is 13.8. The number of nitrogens with two attached hydrogens (primary N) is 1. The summed E-state index contributed by atoms with van der Waals surface area (Å²) in [6, 6.07) is 10.5. The number of aromatic nitrogens is 3. The second-order valence-corrected chi connectivity index (χ2v) is 5.53. The zero-order valence-electron chi connectivity index (χ0n) is 13.8. The Morgan fingerprint density at radius 2 is 1.93 bits per heavy atom. The number of primary amides is 1. The maximum absolute atomic E-state index is 12.6. The van der Waals surface area contributed by atoms with Crippen molar-refractivity contribution in [2.75, 3.05) is 0 Å². The molecule has 10 heteroatoms. The molecule has 0 spiro atoms. The zero-order chi connectivity index (χ0) is 19.6. The van der Waals surface area contributed by atoms with Crippen LogP contribution in [0.4, 0.5) is 5.69 Å². The largest absolute Gasteiger partial charge is 0.501 e. The summed E-state index contributed by atoms with van der Waals surface area (Å²) in [5.74, 6) is -1.89. The van der Waals surface area contributed by atoms with Crippen LogP contribution in [0.2, 0.25) is 0 Å². The molecule has 0 fully saturated rings. The number of hydrogen-bond acceptors (Lipinski definition) is 7. The molecule has 0 radical (unpaired) electrons. The minimum atomic E-state index is -1.05. The van der Waals surface area contributed by atoms with Crippen molar-refractivity contribution in [1.82, 2.24) is 14.5 Å². The van der Waals surface area contributed by atoms with Gasteiger partial charge >= 0.3 is 0 Å². The molecule has 0 bridgehead atoms. The minimum absolute atomic E-state index is 0.0329. The van der Waals surface area contributed by atoms with Crippen molar-refractivity contribution >= 4 is 11.6 Å². The van der Waals surface area contributed by atoms with Gasteiger partial charge in [-0.1, -0.05) is 18.2 Å². The van der Waals surface area contributed by atoms with Gasteiger partial charge in [-0.05, 0) is 17.7 Å². The van der Waals surface area contributed by atoms with E-state index in [4.69, 9.17) is 5.73 Å². The fourth-order valence-electron chi connectivity index (χ4n) is 2.46. The Morgan fingerprint density at radius 1 is 1.22 bits per heavy atom. The number of carbonyl (C=O) groups excluding carboxylic acids is 1. The third kappa shape index (κ3) is 3.49. The van der Waals surface area contributed by atoms with Gasteiger partial charge in [-0.15, -0.1) is 0 Å². The summed E-state index contributed by atoms with van der Waals surface area (Å²) >= 11 is 0. The third-order valence-corrected chi connectivity index (χ3v) is 3.76. The first-order valence-corrected chi connectivity index (χ1v) is 7.67. The quantitative estimate of drug-likeness (QED) is 0.505. The molecule has 1 aromatic carbocycles. The van der Waals surface area contributed by atoms with E-state index in [1.54, 1.807) is 18.2 Å². The van der Waals surface area contributed by atoms with Crippen LogP contribution in [-0.2, 0) is 6.54 Å². The Labute approximate surface area is 151 Å². The maximum Gasteiger partial charge on any atom is 0.297 e. The second kappa shape index (κ2) is 7.04. The molecule has 2 aromatic heterocycles. The van der Waals surface area contributed by atoms with E-state index in [1.807, 2.05) is 0 Å². The van der Waals surface area contributed by atoms with E-state index in [-0.39, 0.29) is 18.1 Å². The van der Waals surface area contributed by atoms with Crippen molar-refractivity contribution in [3.8, 4) is 17.3 Å². The highest BCUT2D eigenvalue weighted by Crippen LogP contribution is 2.19. The average Bonchev–Trinajstić information content (AvgIpc) is 2.66. The summed E-state index contributed by atoms with van der Waals surface area (Å²) in [6.07, 6.45) is 1.48. The van der Waals surface area contributed by atoms with Crippen molar-refractivity contribution in [3.05, 3.63) is 80.4 Å². The van der Waals surface area contributed by atoms with Gasteiger partial charge < -0.3 is 10.8 Å². The summed E-state index contributed by atoms with van der Waals surface area (Å²) in [7, 11) is 0. The van der Waals surface area contributed by atoms with Crippen LogP contribution >= 0.6 is 0 Å². The highest BCUT2D eigenvalue weighted by molar-refractivity contribution is 5.93. The van der Waals surface area contributed by atoms with Gasteiger partial charge in [0.1, 0.15) is 5.69 Å². The molecule has 136 valence electrons. The number of hydrogen-bond donors (Lipinski definition) is 2. The van der Waals surface area contributed by atoms with Crippen molar-refractivity contribution in [3.63, 3.8) is 0 Å². The van der Waals surface area contributed by atoms with Gasteiger partial charge in [-0.25, -0.2) is 4.98 Å². The minimum Gasteiger partial charge on any atom is -0.501 e. The number of nitro benzene ring substituents is 1. The molecule has 3 rings (SSSR count). The number of non-ortho nitro benzene ring substituents is 1. The Balaban J connectivity index is 2.16. The average molecular weight is 367 g/mol. The normalized spacial score (nSPS) is 10.5. The van der Waals surface area contributed by atoms with Crippen LogP contribution in [0.5, 0.6) is 5.75 Å². The molecule has 0 saturated carbocycles. The molecule has 3 aromatic rings. The lowest BCUT2D eigenvalue weighted by atomic mass is 10.2. The summed E-state index contributed by atoms with van der Waals surface area (Å²) in [6.45, 7) is -0.0532. The van der Waals surface area contributed by atoms with Gasteiger partial charge in [0.05, 0.1) is 11.5 Å².